The molecule has 0 aromatic heterocycles. The molecule has 0 radical (unpaired) electrons. The Morgan fingerprint density at radius 1 is 1.21 bits per heavy atom. The molecule has 150 valence electrons. The summed E-state index contributed by atoms with van der Waals surface area (Å²) >= 11 is 0. The maximum absolute atomic E-state index is 12.5. The number of nitriles is 1. The zero-order valence-electron chi connectivity index (χ0n) is 17.4. The molecule has 0 aliphatic carbocycles. The first-order chi connectivity index (χ1) is 13.5. The van der Waals surface area contributed by atoms with Gasteiger partial charge in [0.25, 0.3) is 0 Å². The number of likely N-dealkylation sites (N-methyl/N-ethyl adjacent to an activating group) is 1. The van der Waals surface area contributed by atoms with E-state index in [1.54, 1.807) is 0 Å². The van der Waals surface area contributed by atoms with Crippen molar-refractivity contribution in [3.8, 4) is 17.9 Å². The van der Waals surface area contributed by atoms with Gasteiger partial charge in [-0.2, -0.15) is 5.26 Å². The summed E-state index contributed by atoms with van der Waals surface area (Å²) in [6, 6.07) is 9.92. The lowest BCUT2D eigenvalue weighted by atomic mass is 9.88. The van der Waals surface area contributed by atoms with Crippen LogP contribution in [-0.2, 0) is 4.79 Å². The molecule has 2 rings (SSSR count). The molecule has 1 aliphatic rings. The van der Waals surface area contributed by atoms with Crippen molar-refractivity contribution < 1.29 is 4.79 Å². The van der Waals surface area contributed by atoms with Crippen molar-refractivity contribution in [1.29, 1.82) is 5.26 Å². The summed E-state index contributed by atoms with van der Waals surface area (Å²) in [6.07, 6.45) is 0.746. The van der Waals surface area contributed by atoms with Crippen molar-refractivity contribution in [2.45, 2.75) is 33.1 Å². The Balaban J connectivity index is 2.03. The zero-order valence-corrected chi connectivity index (χ0v) is 17.4. The molecule has 1 atom stereocenters. The lowest BCUT2D eigenvalue weighted by molar-refractivity contribution is -0.122. The molecule has 0 saturated carbocycles. The SMILES string of the molecule is CCN1CCN(CC#Cc2cccc([C@@H](CC(C)C)C(=O)NCC#N)c2)CC1. The number of nitrogens with zero attached hydrogens (tertiary/aromatic N) is 3. The largest absolute Gasteiger partial charge is 0.342 e. The molecule has 0 unspecified atom stereocenters. The van der Waals surface area contributed by atoms with E-state index in [-0.39, 0.29) is 18.4 Å². The average Bonchev–Trinajstić information content (AvgIpc) is 2.71. The van der Waals surface area contributed by atoms with Crippen molar-refractivity contribution in [1.82, 2.24) is 15.1 Å². The number of piperazine rings is 1. The molecule has 1 amide bonds. The van der Waals surface area contributed by atoms with E-state index in [0.717, 1.165) is 56.8 Å². The summed E-state index contributed by atoms with van der Waals surface area (Å²) in [4.78, 5) is 17.4. The molecule has 1 aromatic carbocycles. The van der Waals surface area contributed by atoms with Crippen LogP contribution in [-0.4, -0.2) is 61.5 Å². The van der Waals surface area contributed by atoms with E-state index < -0.39 is 0 Å². The molecule has 28 heavy (non-hydrogen) atoms. The normalized spacial score (nSPS) is 16.1. The molecule has 1 heterocycles. The van der Waals surface area contributed by atoms with Crippen molar-refractivity contribution in [2.24, 2.45) is 5.92 Å². The molecule has 1 aliphatic heterocycles. The van der Waals surface area contributed by atoms with Crippen LogP contribution in [0.2, 0.25) is 0 Å². The number of nitrogens with one attached hydrogen (secondary N) is 1. The second-order valence-electron chi connectivity index (χ2n) is 7.70. The Hall–Kier alpha value is -2.34. The maximum atomic E-state index is 12.5. The Morgan fingerprint density at radius 3 is 2.57 bits per heavy atom. The second kappa shape index (κ2) is 11.5. The first-order valence-corrected chi connectivity index (χ1v) is 10.2. The highest BCUT2D eigenvalue weighted by atomic mass is 16.1. The van der Waals surface area contributed by atoms with Gasteiger partial charge in [0, 0.05) is 31.7 Å². The van der Waals surface area contributed by atoms with Crippen LogP contribution in [0.3, 0.4) is 0 Å². The standard InChI is InChI=1S/C23H32N4O/c1-4-26-13-15-27(16-14-26)12-6-8-20-7-5-9-21(18-20)22(17-19(2)3)23(28)25-11-10-24/h5,7,9,18-19,22H,4,11-17H2,1-3H3,(H,25,28)/t22-/m1/s1. The fourth-order valence-corrected chi connectivity index (χ4v) is 3.47. The van der Waals surface area contributed by atoms with Crippen molar-refractivity contribution in [3.05, 3.63) is 35.4 Å². The minimum Gasteiger partial charge on any atom is -0.342 e. The molecule has 5 nitrogen and oxygen atoms in total. The van der Waals surface area contributed by atoms with Gasteiger partial charge in [-0.05, 0) is 36.6 Å². The van der Waals surface area contributed by atoms with Gasteiger partial charge in [-0.15, -0.1) is 0 Å². The highest BCUT2D eigenvalue weighted by molar-refractivity contribution is 5.83. The van der Waals surface area contributed by atoms with E-state index in [0.29, 0.717) is 5.92 Å². The molecule has 0 spiro atoms. The van der Waals surface area contributed by atoms with E-state index in [2.05, 4.69) is 47.7 Å². The Bertz CT molecular complexity index is 733. The Kier molecular flexibility index (Phi) is 9.01. The Labute approximate surface area is 169 Å². The highest BCUT2D eigenvalue weighted by Gasteiger charge is 2.21. The Morgan fingerprint density at radius 2 is 1.93 bits per heavy atom. The highest BCUT2D eigenvalue weighted by Crippen LogP contribution is 2.25. The number of amides is 1. The van der Waals surface area contributed by atoms with Gasteiger partial charge in [-0.1, -0.05) is 44.7 Å². The van der Waals surface area contributed by atoms with Gasteiger partial charge < -0.3 is 10.2 Å². The lowest BCUT2D eigenvalue weighted by Gasteiger charge is -2.32. The molecule has 1 aromatic rings. The molecular weight excluding hydrogens is 348 g/mol. The monoisotopic (exact) mass is 380 g/mol. The zero-order chi connectivity index (χ0) is 20.4. The summed E-state index contributed by atoms with van der Waals surface area (Å²) < 4.78 is 0. The number of hydrogen-bond donors (Lipinski definition) is 1. The summed E-state index contributed by atoms with van der Waals surface area (Å²) in [5, 5.41) is 11.4. The van der Waals surface area contributed by atoms with E-state index in [1.807, 2.05) is 30.3 Å². The smallest absolute Gasteiger partial charge is 0.228 e. The summed E-state index contributed by atoms with van der Waals surface area (Å²) in [5.41, 5.74) is 1.90. The fourth-order valence-electron chi connectivity index (χ4n) is 3.47. The topological polar surface area (TPSA) is 59.4 Å². The van der Waals surface area contributed by atoms with Gasteiger partial charge in [0.15, 0.2) is 0 Å². The third kappa shape index (κ3) is 7.00. The molecule has 1 N–H and O–H groups in total. The predicted molar refractivity (Wildman–Crippen MR) is 113 cm³/mol. The fraction of sp³-hybridized carbons (Fsp3) is 0.565. The van der Waals surface area contributed by atoms with Crippen LogP contribution in [0.4, 0.5) is 0 Å². The van der Waals surface area contributed by atoms with Gasteiger partial charge in [-0.3, -0.25) is 9.69 Å². The van der Waals surface area contributed by atoms with E-state index >= 15 is 0 Å². The average molecular weight is 381 g/mol. The molecule has 1 saturated heterocycles. The van der Waals surface area contributed by atoms with Crippen LogP contribution >= 0.6 is 0 Å². The van der Waals surface area contributed by atoms with Crippen LogP contribution in [0.15, 0.2) is 24.3 Å². The van der Waals surface area contributed by atoms with Crippen molar-refractivity contribution in [3.63, 3.8) is 0 Å². The number of hydrogen-bond acceptors (Lipinski definition) is 4. The summed E-state index contributed by atoms with van der Waals surface area (Å²) in [5.74, 6) is 6.59. The van der Waals surface area contributed by atoms with E-state index in [4.69, 9.17) is 5.26 Å². The lowest BCUT2D eigenvalue weighted by Crippen LogP contribution is -2.46. The van der Waals surface area contributed by atoms with Crippen LogP contribution < -0.4 is 5.32 Å². The van der Waals surface area contributed by atoms with Crippen LogP contribution in [0.1, 0.15) is 44.2 Å². The van der Waals surface area contributed by atoms with Crippen LogP contribution in [0, 0.1) is 29.1 Å². The number of rotatable bonds is 7. The molecule has 0 bridgehead atoms. The van der Waals surface area contributed by atoms with Gasteiger partial charge >= 0.3 is 0 Å². The number of benzene rings is 1. The minimum atomic E-state index is -0.253. The van der Waals surface area contributed by atoms with Gasteiger partial charge in [0.05, 0.1) is 18.5 Å². The third-order valence-electron chi connectivity index (χ3n) is 5.10. The molecule has 1 fully saturated rings. The summed E-state index contributed by atoms with van der Waals surface area (Å²) in [7, 11) is 0. The first kappa shape index (κ1) is 22.0. The minimum absolute atomic E-state index is 0.0399. The number of carbonyl (C=O) groups is 1. The first-order valence-electron chi connectivity index (χ1n) is 10.2. The predicted octanol–water partition coefficient (Wildman–Crippen LogP) is 2.45. The van der Waals surface area contributed by atoms with Gasteiger partial charge in [0.1, 0.15) is 6.54 Å². The third-order valence-corrected chi connectivity index (χ3v) is 5.10. The molecular formula is C23H32N4O. The quantitative estimate of drug-likeness (QED) is 0.583. The van der Waals surface area contributed by atoms with Gasteiger partial charge in [0.2, 0.25) is 5.91 Å². The van der Waals surface area contributed by atoms with Gasteiger partial charge in [-0.25, -0.2) is 0 Å². The second-order valence-corrected chi connectivity index (χ2v) is 7.70. The molecule has 5 heteroatoms. The van der Waals surface area contributed by atoms with Crippen molar-refractivity contribution >= 4 is 5.91 Å². The summed E-state index contributed by atoms with van der Waals surface area (Å²) in [6.45, 7) is 12.7. The van der Waals surface area contributed by atoms with E-state index in [1.165, 1.54) is 0 Å². The van der Waals surface area contributed by atoms with Crippen LogP contribution in [0.25, 0.3) is 0 Å². The van der Waals surface area contributed by atoms with Crippen molar-refractivity contribution in [2.75, 3.05) is 45.8 Å². The maximum Gasteiger partial charge on any atom is 0.228 e. The van der Waals surface area contributed by atoms with E-state index in [9.17, 15) is 4.79 Å². The number of carbonyl (C=O) groups excluding carboxylic acids is 1. The van der Waals surface area contributed by atoms with Crippen LogP contribution in [0.5, 0.6) is 0 Å².